The third-order valence-electron chi connectivity index (χ3n) is 2.78. The number of benzene rings is 1. The fraction of sp³-hybridized carbons (Fsp3) is 0.571. The number of halogens is 1. The molecule has 0 amide bonds. The Bertz CT molecular complexity index is 326. The van der Waals surface area contributed by atoms with E-state index in [1.165, 1.54) is 6.07 Å². The molecular weight excluding hydrogens is 215 g/mol. The predicted octanol–water partition coefficient (Wildman–Crippen LogP) is 2.65. The first-order valence-corrected chi connectivity index (χ1v) is 6.32. The Morgan fingerprint density at radius 1 is 1.29 bits per heavy atom. The molecule has 0 radical (unpaired) electrons. The molecule has 0 aliphatic carbocycles. The second-order valence-electron chi connectivity index (χ2n) is 4.57. The number of likely N-dealkylation sites (N-methyl/N-ethyl adjacent to an activating group) is 1. The molecule has 1 N–H and O–H groups in total. The van der Waals surface area contributed by atoms with Gasteiger partial charge in [-0.2, -0.15) is 0 Å². The summed E-state index contributed by atoms with van der Waals surface area (Å²) in [7, 11) is 0. The first kappa shape index (κ1) is 14.1. The fourth-order valence-corrected chi connectivity index (χ4v) is 1.73. The molecule has 0 atom stereocenters. The summed E-state index contributed by atoms with van der Waals surface area (Å²) in [6.07, 6.45) is 0. The molecule has 0 spiro atoms. The highest BCUT2D eigenvalue weighted by Gasteiger charge is 2.07. The van der Waals surface area contributed by atoms with Gasteiger partial charge >= 0.3 is 0 Å². The first-order chi connectivity index (χ1) is 8.13. The van der Waals surface area contributed by atoms with Crippen molar-refractivity contribution >= 4 is 0 Å². The average Bonchev–Trinajstić information content (AvgIpc) is 2.30. The van der Waals surface area contributed by atoms with Crippen LogP contribution >= 0.6 is 0 Å². The van der Waals surface area contributed by atoms with Gasteiger partial charge in [0, 0.05) is 31.2 Å². The third kappa shape index (κ3) is 5.29. The lowest BCUT2D eigenvalue weighted by Crippen LogP contribution is -2.34. The zero-order valence-electron chi connectivity index (χ0n) is 11.0. The van der Waals surface area contributed by atoms with Gasteiger partial charge < -0.3 is 5.32 Å². The molecule has 0 aromatic heterocycles. The van der Waals surface area contributed by atoms with Crippen LogP contribution in [-0.2, 0) is 6.54 Å². The Morgan fingerprint density at radius 3 is 2.59 bits per heavy atom. The Kier molecular flexibility index (Phi) is 6.16. The van der Waals surface area contributed by atoms with Gasteiger partial charge in [-0.1, -0.05) is 39.0 Å². The van der Waals surface area contributed by atoms with Crippen molar-refractivity contribution in [3.05, 3.63) is 35.6 Å². The molecule has 0 saturated heterocycles. The Labute approximate surface area is 104 Å². The van der Waals surface area contributed by atoms with Crippen molar-refractivity contribution in [2.45, 2.75) is 33.4 Å². The van der Waals surface area contributed by atoms with Crippen molar-refractivity contribution in [2.75, 3.05) is 19.6 Å². The van der Waals surface area contributed by atoms with Crippen LogP contribution in [0, 0.1) is 5.82 Å². The third-order valence-corrected chi connectivity index (χ3v) is 2.78. The van der Waals surface area contributed by atoms with Crippen LogP contribution in [0.5, 0.6) is 0 Å². The lowest BCUT2D eigenvalue weighted by molar-refractivity contribution is 0.272. The number of nitrogens with one attached hydrogen (secondary N) is 1. The van der Waals surface area contributed by atoms with Crippen molar-refractivity contribution in [3.8, 4) is 0 Å². The van der Waals surface area contributed by atoms with Crippen LogP contribution < -0.4 is 5.32 Å². The lowest BCUT2D eigenvalue weighted by atomic mass is 10.2. The van der Waals surface area contributed by atoms with Crippen LogP contribution in [0.4, 0.5) is 4.39 Å². The molecule has 0 saturated carbocycles. The number of hydrogen-bond acceptors (Lipinski definition) is 2. The molecule has 0 unspecified atom stereocenters. The van der Waals surface area contributed by atoms with Gasteiger partial charge in [0.15, 0.2) is 0 Å². The summed E-state index contributed by atoms with van der Waals surface area (Å²) in [4.78, 5) is 2.24. The largest absolute Gasteiger partial charge is 0.313 e. The SMILES string of the molecule is CCN(CCNC(C)C)Cc1ccccc1F. The van der Waals surface area contributed by atoms with Gasteiger partial charge in [-0.15, -0.1) is 0 Å². The maximum atomic E-state index is 13.5. The van der Waals surface area contributed by atoms with E-state index in [0.29, 0.717) is 12.6 Å². The van der Waals surface area contributed by atoms with Crippen molar-refractivity contribution in [2.24, 2.45) is 0 Å². The molecule has 0 aliphatic heterocycles. The van der Waals surface area contributed by atoms with Crippen LogP contribution in [-0.4, -0.2) is 30.6 Å². The van der Waals surface area contributed by atoms with E-state index in [1.54, 1.807) is 6.07 Å². The van der Waals surface area contributed by atoms with Crippen LogP contribution in [0.25, 0.3) is 0 Å². The molecule has 96 valence electrons. The molecule has 17 heavy (non-hydrogen) atoms. The molecule has 0 fully saturated rings. The smallest absolute Gasteiger partial charge is 0.127 e. The molecule has 1 aromatic carbocycles. The Morgan fingerprint density at radius 2 is 2.00 bits per heavy atom. The fourth-order valence-electron chi connectivity index (χ4n) is 1.73. The molecule has 3 heteroatoms. The van der Waals surface area contributed by atoms with Gasteiger partial charge in [-0.25, -0.2) is 4.39 Å². The molecule has 2 nitrogen and oxygen atoms in total. The summed E-state index contributed by atoms with van der Waals surface area (Å²) in [5.74, 6) is -0.109. The van der Waals surface area contributed by atoms with E-state index in [4.69, 9.17) is 0 Å². The van der Waals surface area contributed by atoms with Crippen LogP contribution in [0.15, 0.2) is 24.3 Å². The Balaban J connectivity index is 2.44. The quantitative estimate of drug-likeness (QED) is 0.785. The number of hydrogen-bond donors (Lipinski definition) is 1. The summed E-state index contributed by atoms with van der Waals surface area (Å²) >= 11 is 0. The Hall–Kier alpha value is -0.930. The summed E-state index contributed by atoms with van der Waals surface area (Å²) < 4.78 is 13.5. The van der Waals surface area contributed by atoms with Gasteiger partial charge in [0.1, 0.15) is 5.82 Å². The normalized spacial score (nSPS) is 11.4. The van der Waals surface area contributed by atoms with Crippen LogP contribution in [0.2, 0.25) is 0 Å². The standard InChI is InChI=1S/C14H23FN2/c1-4-17(10-9-16-12(2)3)11-13-7-5-6-8-14(13)15/h5-8,12,16H,4,9-11H2,1-3H3. The molecular formula is C14H23FN2. The monoisotopic (exact) mass is 238 g/mol. The highest BCUT2D eigenvalue weighted by Crippen LogP contribution is 2.09. The number of rotatable bonds is 7. The summed E-state index contributed by atoms with van der Waals surface area (Å²) in [5, 5.41) is 3.38. The van der Waals surface area contributed by atoms with Crippen LogP contribution in [0.1, 0.15) is 26.3 Å². The molecule has 1 rings (SSSR count). The highest BCUT2D eigenvalue weighted by atomic mass is 19.1. The zero-order valence-corrected chi connectivity index (χ0v) is 11.0. The first-order valence-electron chi connectivity index (χ1n) is 6.32. The van der Waals surface area contributed by atoms with Crippen molar-refractivity contribution < 1.29 is 4.39 Å². The topological polar surface area (TPSA) is 15.3 Å². The average molecular weight is 238 g/mol. The minimum atomic E-state index is -0.109. The lowest BCUT2D eigenvalue weighted by Gasteiger charge is -2.21. The minimum Gasteiger partial charge on any atom is -0.313 e. The predicted molar refractivity (Wildman–Crippen MR) is 70.5 cm³/mol. The summed E-state index contributed by atoms with van der Waals surface area (Å²) in [6.45, 7) is 9.89. The molecule has 0 heterocycles. The van der Waals surface area contributed by atoms with Crippen molar-refractivity contribution in [1.29, 1.82) is 0 Å². The summed E-state index contributed by atoms with van der Waals surface area (Å²) in [6, 6.07) is 7.50. The van der Waals surface area contributed by atoms with Gasteiger partial charge in [-0.05, 0) is 12.6 Å². The van der Waals surface area contributed by atoms with E-state index >= 15 is 0 Å². The van der Waals surface area contributed by atoms with E-state index < -0.39 is 0 Å². The minimum absolute atomic E-state index is 0.109. The molecule has 0 bridgehead atoms. The maximum Gasteiger partial charge on any atom is 0.127 e. The van der Waals surface area contributed by atoms with E-state index in [1.807, 2.05) is 12.1 Å². The van der Waals surface area contributed by atoms with Crippen LogP contribution in [0.3, 0.4) is 0 Å². The van der Waals surface area contributed by atoms with E-state index in [9.17, 15) is 4.39 Å². The van der Waals surface area contributed by atoms with Gasteiger partial charge in [0.25, 0.3) is 0 Å². The molecule has 1 aromatic rings. The second kappa shape index (κ2) is 7.41. The van der Waals surface area contributed by atoms with Gasteiger partial charge in [0.05, 0.1) is 0 Å². The van der Waals surface area contributed by atoms with Gasteiger partial charge in [0.2, 0.25) is 0 Å². The zero-order chi connectivity index (χ0) is 12.7. The molecule has 0 aliphatic rings. The van der Waals surface area contributed by atoms with Crippen molar-refractivity contribution in [1.82, 2.24) is 10.2 Å². The van der Waals surface area contributed by atoms with E-state index in [-0.39, 0.29) is 5.82 Å². The maximum absolute atomic E-state index is 13.5. The second-order valence-corrected chi connectivity index (χ2v) is 4.57. The number of nitrogens with zero attached hydrogens (tertiary/aromatic N) is 1. The highest BCUT2D eigenvalue weighted by molar-refractivity contribution is 5.17. The van der Waals surface area contributed by atoms with E-state index in [0.717, 1.165) is 25.2 Å². The van der Waals surface area contributed by atoms with Crippen molar-refractivity contribution in [3.63, 3.8) is 0 Å². The van der Waals surface area contributed by atoms with E-state index in [2.05, 4.69) is 31.0 Å². The van der Waals surface area contributed by atoms with Gasteiger partial charge in [-0.3, -0.25) is 4.90 Å². The summed E-state index contributed by atoms with van der Waals surface area (Å²) in [5.41, 5.74) is 0.777.